The third-order valence-corrected chi connectivity index (χ3v) is 3.66. The molecule has 0 spiro atoms. The average Bonchev–Trinajstić information content (AvgIpc) is 2.50. The fourth-order valence-electron chi connectivity index (χ4n) is 2.46. The predicted octanol–water partition coefficient (Wildman–Crippen LogP) is 4.51. The van der Waals surface area contributed by atoms with E-state index in [-0.39, 0.29) is 19.5 Å². The van der Waals surface area contributed by atoms with Gasteiger partial charge in [0.15, 0.2) is 0 Å². The van der Waals surface area contributed by atoms with Gasteiger partial charge < -0.3 is 9.79 Å². The molecule has 1 aromatic rings. The SMILES string of the molecule is CCCCCCCCCCCCc1ccccc1.O=[P+]([O-])[O-].[Zn+2]. The smallest absolute Gasteiger partial charge is 0.598 e. The molecule has 0 aliphatic heterocycles. The first kappa shape index (κ1) is 25.1. The minimum Gasteiger partial charge on any atom is -0.598 e. The minimum atomic E-state index is -3.37. The van der Waals surface area contributed by atoms with Crippen molar-refractivity contribution in [2.75, 3.05) is 0 Å². The van der Waals surface area contributed by atoms with Gasteiger partial charge in [0.25, 0.3) is 8.25 Å². The number of benzene rings is 1. The fourth-order valence-corrected chi connectivity index (χ4v) is 2.46. The summed E-state index contributed by atoms with van der Waals surface area (Å²) in [6, 6.07) is 10.9. The summed E-state index contributed by atoms with van der Waals surface area (Å²) in [7, 11) is -3.37. The van der Waals surface area contributed by atoms with Crippen LogP contribution in [0.4, 0.5) is 0 Å². The molecular formula is C18H30O3PZn+. The second-order valence-corrected chi connectivity index (χ2v) is 6.09. The Morgan fingerprint density at radius 3 is 1.61 bits per heavy atom. The first-order valence-corrected chi connectivity index (χ1v) is 9.61. The second kappa shape index (κ2) is 19.9. The van der Waals surface area contributed by atoms with Crippen LogP contribution in [0.5, 0.6) is 0 Å². The van der Waals surface area contributed by atoms with E-state index in [4.69, 9.17) is 14.4 Å². The standard InChI is InChI=1S/C18H30.HO3P.Zn/c1-2-3-4-5-6-7-8-9-10-12-15-18-16-13-11-14-17-18;1-4(2)3;/h11,13-14,16-17H,2-10,12,15H2,1H3;(H,1,2,3);/q;;+2/p-1. The fraction of sp³-hybridized carbons (Fsp3) is 0.667. The maximum absolute atomic E-state index is 8.48. The third-order valence-electron chi connectivity index (χ3n) is 3.66. The van der Waals surface area contributed by atoms with Gasteiger partial charge >= 0.3 is 19.5 Å². The molecule has 0 aliphatic rings. The Labute approximate surface area is 155 Å². The molecule has 1 aromatic carbocycles. The first-order chi connectivity index (χ1) is 10.7. The molecule has 0 aliphatic carbocycles. The van der Waals surface area contributed by atoms with Gasteiger partial charge in [-0.1, -0.05) is 99.6 Å². The van der Waals surface area contributed by atoms with Crippen molar-refractivity contribution in [2.45, 2.75) is 77.6 Å². The summed E-state index contributed by atoms with van der Waals surface area (Å²) < 4.78 is 8.48. The van der Waals surface area contributed by atoms with Gasteiger partial charge in [-0.2, -0.15) is 0 Å². The van der Waals surface area contributed by atoms with E-state index in [1.54, 1.807) is 0 Å². The van der Waals surface area contributed by atoms with Crippen molar-refractivity contribution >= 4 is 8.25 Å². The maximum Gasteiger partial charge on any atom is 2.00 e. The number of aryl methyl sites for hydroxylation is 1. The van der Waals surface area contributed by atoms with Crippen LogP contribution in [0.3, 0.4) is 0 Å². The van der Waals surface area contributed by atoms with Crippen LogP contribution < -0.4 is 9.79 Å². The molecule has 5 heteroatoms. The molecule has 1 rings (SSSR count). The summed E-state index contributed by atoms with van der Waals surface area (Å²) in [4.78, 5) is 17.0. The van der Waals surface area contributed by atoms with Gasteiger partial charge in [0.2, 0.25) is 0 Å². The Balaban J connectivity index is 0. The van der Waals surface area contributed by atoms with E-state index < -0.39 is 8.25 Å². The average molecular weight is 391 g/mol. The quantitative estimate of drug-likeness (QED) is 0.317. The summed E-state index contributed by atoms with van der Waals surface area (Å²) in [5, 5.41) is 0. The number of hydrogen-bond donors (Lipinski definition) is 0. The molecule has 0 saturated heterocycles. The Hall–Kier alpha value is -0.137. The zero-order chi connectivity index (χ0) is 16.5. The molecule has 0 atom stereocenters. The van der Waals surface area contributed by atoms with Crippen LogP contribution in [0.1, 0.15) is 76.7 Å². The summed E-state index contributed by atoms with van der Waals surface area (Å²) in [6.45, 7) is 2.28. The molecule has 0 bridgehead atoms. The predicted molar refractivity (Wildman–Crippen MR) is 89.6 cm³/mol. The van der Waals surface area contributed by atoms with Gasteiger partial charge in [-0.15, -0.1) is 0 Å². The minimum absolute atomic E-state index is 0. The van der Waals surface area contributed by atoms with E-state index in [2.05, 4.69) is 37.3 Å². The topological polar surface area (TPSA) is 63.2 Å². The van der Waals surface area contributed by atoms with Gasteiger partial charge in [0.1, 0.15) is 0 Å². The second-order valence-electron chi connectivity index (χ2n) is 5.64. The van der Waals surface area contributed by atoms with Gasteiger partial charge in [0, 0.05) is 0 Å². The van der Waals surface area contributed by atoms with Gasteiger partial charge in [0.05, 0.1) is 0 Å². The third kappa shape index (κ3) is 21.9. The normalized spacial score (nSPS) is 9.52. The van der Waals surface area contributed by atoms with Crippen LogP contribution in [-0.2, 0) is 30.5 Å². The van der Waals surface area contributed by atoms with Crippen LogP contribution >= 0.6 is 8.25 Å². The van der Waals surface area contributed by atoms with Crippen molar-refractivity contribution in [2.24, 2.45) is 0 Å². The zero-order valence-electron chi connectivity index (χ0n) is 14.5. The largest absolute Gasteiger partial charge is 2.00 e. The van der Waals surface area contributed by atoms with Crippen molar-refractivity contribution < 1.29 is 33.8 Å². The Morgan fingerprint density at radius 1 is 0.783 bits per heavy atom. The number of unbranched alkanes of at least 4 members (excludes halogenated alkanes) is 9. The number of hydrogen-bond acceptors (Lipinski definition) is 3. The van der Waals surface area contributed by atoms with Crippen molar-refractivity contribution in [3.63, 3.8) is 0 Å². The maximum atomic E-state index is 8.48. The van der Waals surface area contributed by atoms with Gasteiger partial charge in [-0.25, -0.2) is 0 Å². The van der Waals surface area contributed by atoms with Crippen LogP contribution in [0.15, 0.2) is 30.3 Å². The molecule has 0 heterocycles. The molecule has 0 saturated carbocycles. The molecule has 0 fully saturated rings. The van der Waals surface area contributed by atoms with E-state index >= 15 is 0 Å². The van der Waals surface area contributed by atoms with Gasteiger partial charge in [-0.3, -0.25) is 0 Å². The van der Waals surface area contributed by atoms with Gasteiger partial charge in [-0.05, 0) is 18.4 Å². The molecule has 0 amide bonds. The Bertz CT molecular complexity index is 357. The van der Waals surface area contributed by atoms with E-state index in [1.165, 1.54) is 76.2 Å². The summed E-state index contributed by atoms with van der Waals surface area (Å²) in [5.41, 5.74) is 1.50. The van der Waals surface area contributed by atoms with E-state index in [0.29, 0.717) is 0 Å². The molecule has 23 heavy (non-hydrogen) atoms. The monoisotopic (exact) mass is 389 g/mol. The Kier molecular flexibility index (Phi) is 21.7. The van der Waals surface area contributed by atoms with Crippen molar-refractivity contribution in [1.29, 1.82) is 0 Å². The van der Waals surface area contributed by atoms with Crippen LogP contribution in [0, 0.1) is 0 Å². The molecule has 0 radical (unpaired) electrons. The van der Waals surface area contributed by atoms with Crippen LogP contribution in [0.25, 0.3) is 0 Å². The Morgan fingerprint density at radius 2 is 1.17 bits per heavy atom. The summed E-state index contributed by atoms with van der Waals surface area (Å²) >= 11 is 0. The van der Waals surface area contributed by atoms with Crippen molar-refractivity contribution in [3.05, 3.63) is 35.9 Å². The number of rotatable bonds is 11. The molecule has 0 N–H and O–H groups in total. The summed E-state index contributed by atoms with van der Waals surface area (Å²) in [6.07, 6.45) is 15.5. The molecular weight excluding hydrogens is 361 g/mol. The van der Waals surface area contributed by atoms with Crippen LogP contribution in [-0.4, -0.2) is 0 Å². The molecule has 0 aromatic heterocycles. The van der Waals surface area contributed by atoms with E-state index in [9.17, 15) is 0 Å². The van der Waals surface area contributed by atoms with Crippen molar-refractivity contribution in [1.82, 2.24) is 0 Å². The van der Waals surface area contributed by atoms with Crippen LogP contribution in [0.2, 0.25) is 0 Å². The molecule has 0 unspecified atom stereocenters. The van der Waals surface area contributed by atoms with E-state index in [1.807, 2.05) is 0 Å². The molecule has 3 nitrogen and oxygen atoms in total. The summed E-state index contributed by atoms with van der Waals surface area (Å²) in [5.74, 6) is 0. The molecule has 126 valence electrons. The first-order valence-electron chi connectivity index (χ1n) is 8.52. The van der Waals surface area contributed by atoms with Crippen molar-refractivity contribution in [3.8, 4) is 0 Å². The zero-order valence-corrected chi connectivity index (χ0v) is 18.4. The van der Waals surface area contributed by atoms with E-state index in [0.717, 1.165) is 0 Å².